The molecule has 0 aromatic heterocycles. The molecular weight excluding hydrogens is 186 g/mol. The molecule has 0 bridgehead atoms. The number of para-hydroxylation sites is 2. The van der Waals surface area contributed by atoms with E-state index >= 15 is 0 Å². The van der Waals surface area contributed by atoms with Gasteiger partial charge in [-0.1, -0.05) is 25.5 Å². The SMILES string of the molecule is CCCCOc1ccccc1NC(C)C. The van der Waals surface area contributed by atoms with E-state index in [0.717, 1.165) is 24.5 Å². The van der Waals surface area contributed by atoms with Crippen molar-refractivity contribution in [2.45, 2.75) is 39.7 Å². The van der Waals surface area contributed by atoms with Crippen LogP contribution < -0.4 is 10.1 Å². The maximum absolute atomic E-state index is 5.72. The first kappa shape index (κ1) is 11.9. The monoisotopic (exact) mass is 207 g/mol. The topological polar surface area (TPSA) is 21.3 Å². The zero-order chi connectivity index (χ0) is 11.1. The van der Waals surface area contributed by atoms with Crippen LogP contribution >= 0.6 is 0 Å². The molecule has 0 spiro atoms. The molecule has 0 amide bonds. The normalized spacial score (nSPS) is 10.4. The van der Waals surface area contributed by atoms with Gasteiger partial charge in [-0.25, -0.2) is 0 Å². The predicted molar refractivity (Wildman–Crippen MR) is 65.6 cm³/mol. The average Bonchev–Trinajstić information content (AvgIpc) is 2.20. The van der Waals surface area contributed by atoms with Crippen LogP contribution in [-0.4, -0.2) is 12.6 Å². The van der Waals surface area contributed by atoms with Crippen LogP contribution in [0.3, 0.4) is 0 Å². The van der Waals surface area contributed by atoms with E-state index in [1.807, 2.05) is 18.2 Å². The first-order valence-corrected chi connectivity index (χ1v) is 5.72. The van der Waals surface area contributed by atoms with Crippen LogP contribution in [0.15, 0.2) is 24.3 Å². The molecule has 1 N–H and O–H groups in total. The highest BCUT2D eigenvalue weighted by Crippen LogP contribution is 2.24. The van der Waals surface area contributed by atoms with Crippen molar-refractivity contribution in [1.82, 2.24) is 0 Å². The van der Waals surface area contributed by atoms with Gasteiger partial charge in [-0.2, -0.15) is 0 Å². The van der Waals surface area contributed by atoms with E-state index in [1.165, 1.54) is 6.42 Å². The lowest BCUT2D eigenvalue weighted by atomic mass is 10.2. The molecule has 0 unspecified atom stereocenters. The summed E-state index contributed by atoms with van der Waals surface area (Å²) in [6.45, 7) is 7.22. The van der Waals surface area contributed by atoms with Crippen molar-refractivity contribution in [2.24, 2.45) is 0 Å². The van der Waals surface area contributed by atoms with Gasteiger partial charge in [0.15, 0.2) is 0 Å². The van der Waals surface area contributed by atoms with Gasteiger partial charge in [-0.3, -0.25) is 0 Å². The summed E-state index contributed by atoms with van der Waals surface area (Å²) in [5, 5.41) is 3.38. The highest BCUT2D eigenvalue weighted by molar-refractivity contribution is 5.56. The second-order valence-electron chi connectivity index (χ2n) is 4.00. The van der Waals surface area contributed by atoms with Crippen molar-refractivity contribution in [2.75, 3.05) is 11.9 Å². The van der Waals surface area contributed by atoms with Crippen LogP contribution in [0.2, 0.25) is 0 Å². The average molecular weight is 207 g/mol. The van der Waals surface area contributed by atoms with E-state index < -0.39 is 0 Å². The maximum Gasteiger partial charge on any atom is 0.142 e. The van der Waals surface area contributed by atoms with E-state index in [-0.39, 0.29) is 0 Å². The number of nitrogens with one attached hydrogen (secondary N) is 1. The molecule has 0 saturated heterocycles. The number of hydrogen-bond acceptors (Lipinski definition) is 2. The molecular formula is C13H21NO. The Morgan fingerprint density at radius 3 is 2.67 bits per heavy atom. The Bertz CT molecular complexity index is 284. The third-order valence-corrected chi connectivity index (χ3v) is 2.09. The summed E-state index contributed by atoms with van der Waals surface area (Å²) in [6, 6.07) is 8.53. The Kier molecular flexibility index (Phi) is 5.02. The van der Waals surface area contributed by atoms with E-state index in [2.05, 4.69) is 32.2 Å². The number of ether oxygens (including phenoxy) is 1. The van der Waals surface area contributed by atoms with Gasteiger partial charge in [0.2, 0.25) is 0 Å². The van der Waals surface area contributed by atoms with Gasteiger partial charge in [0, 0.05) is 6.04 Å². The zero-order valence-corrected chi connectivity index (χ0v) is 9.92. The minimum absolute atomic E-state index is 0.431. The number of anilines is 1. The molecule has 2 nitrogen and oxygen atoms in total. The summed E-state index contributed by atoms with van der Waals surface area (Å²) >= 11 is 0. The lowest BCUT2D eigenvalue weighted by molar-refractivity contribution is 0.310. The smallest absolute Gasteiger partial charge is 0.142 e. The summed E-state index contributed by atoms with van der Waals surface area (Å²) in [5.41, 5.74) is 1.09. The van der Waals surface area contributed by atoms with Crippen molar-refractivity contribution in [3.05, 3.63) is 24.3 Å². The van der Waals surface area contributed by atoms with Crippen molar-refractivity contribution < 1.29 is 4.74 Å². The Morgan fingerprint density at radius 2 is 2.00 bits per heavy atom. The summed E-state index contributed by atoms with van der Waals surface area (Å²) in [7, 11) is 0. The van der Waals surface area contributed by atoms with E-state index in [0.29, 0.717) is 6.04 Å². The van der Waals surface area contributed by atoms with Crippen LogP contribution in [0.1, 0.15) is 33.6 Å². The first-order chi connectivity index (χ1) is 7.24. The van der Waals surface area contributed by atoms with Gasteiger partial charge >= 0.3 is 0 Å². The van der Waals surface area contributed by atoms with Gasteiger partial charge in [0.1, 0.15) is 5.75 Å². The first-order valence-electron chi connectivity index (χ1n) is 5.72. The highest BCUT2D eigenvalue weighted by atomic mass is 16.5. The van der Waals surface area contributed by atoms with Crippen molar-refractivity contribution >= 4 is 5.69 Å². The van der Waals surface area contributed by atoms with Gasteiger partial charge in [0.25, 0.3) is 0 Å². The molecule has 0 aliphatic rings. The third kappa shape index (κ3) is 4.24. The molecule has 15 heavy (non-hydrogen) atoms. The largest absolute Gasteiger partial charge is 0.491 e. The van der Waals surface area contributed by atoms with E-state index in [1.54, 1.807) is 0 Å². The lowest BCUT2D eigenvalue weighted by Gasteiger charge is -2.15. The fraction of sp³-hybridized carbons (Fsp3) is 0.538. The third-order valence-electron chi connectivity index (χ3n) is 2.09. The van der Waals surface area contributed by atoms with Gasteiger partial charge in [-0.05, 0) is 32.4 Å². The van der Waals surface area contributed by atoms with Crippen molar-refractivity contribution in [3.63, 3.8) is 0 Å². The fourth-order valence-electron chi connectivity index (χ4n) is 1.35. The standard InChI is InChI=1S/C13H21NO/c1-4-5-10-15-13-9-7-6-8-12(13)14-11(2)3/h6-9,11,14H,4-5,10H2,1-3H3. The van der Waals surface area contributed by atoms with Gasteiger partial charge < -0.3 is 10.1 Å². The zero-order valence-electron chi connectivity index (χ0n) is 9.92. The Morgan fingerprint density at radius 1 is 1.27 bits per heavy atom. The molecule has 0 aliphatic heterocycles. The van der Waals surface area contributed by atoms with Crippen LogP contribution in [0.5, 0.6) is 5.75 Å². The highest BCUT2D eigenvalue weighted by Gasteiger charge is 2.02. The number of rotatable bonds is 6. The maximum atomic E-state index is 5.72. The van der Waals surface area contributed by atoms with Crippen LogP contribution in [0.4, 0.5) is 5.69 Å². The predicted octanol–water partition coefficient (Wildman–Crippen LogP) is 3.69. The molecule has 1 aromatic rings. The Balaban J connectivity index is 2.60. The van der Waals surface area contributed by atoms with Crippen molar-refractivity contribution in [1.29, 1.82) is 0 Å². The number of unbranched alkanes of at least 4 members (excludes halogenated alkanes) is 1. The molecule has 1 rings (SSSR count). The van der Waals surface area contributed by atoms with Crippen LogP contribution in [-0.2, 0) is 0 Å². The van der Waals surface area contributed by atoms with Gasteiger partial charge in [0.05, 0.1) is 12.3 Å². The lowest BCUT2D eigenvalue weighted by Crippen LogP contribution is -2.11. The molecule has 0 fully saturated rings. The number of benzene rings is 1. The minimum Gasteiger partial charge on any atom is -0.491 e. The molecule has 2 heteroatoms. The molecule has 0 radical (unpaired) electrons. The summed E-state index contributed by atoms with van der Waals surface area (Å²) in [4.78, 5) is 0. The quantitative estimate of drug-likeness (QED) is 0.718. The molecule has 0 atom stereocenters. The second-order valence-corrected chi connectivity index (χ2v) is 4.00. The van der Waals surface area contributed by atoms with Crippen LogP contribution in [0.25, 0.3) is 0 Å². The van der Waals surface area contributed by atoms with Crippen LogP contribution in [0, 0.1) is 0 Å². The summed E-state index contributed by atoms with van der Waals surface area (Å²) in [5.74, 6) is 0.958. The Labute approximate surface area is 92.6 Å². The van der Waals surface area contributed by atoms with Crippen molar-refractivity contribution in [3.8, 4) is 5.75 Å². The fourth-order valence-corrected chi connectivity index (χ4v) is 1.35. The van der Waals surface area contributed by atoms with E-state index in [9.17, 15) is 0 Å². The molecule has 1 aromatic carbocycles. The van der Waals surface area contributed by atoms with Gasteiger partial charge in [-0.15, -0.1) is 0 Å². The molecule has 0 aliphatic carbocycles. The van der Waals surface area contributed by atoms with E-state index in [4.69, 9.17) is 4.74 Å². The second kappa shape index (κ2) is 6.33. The molecule has 84 valence electrons. The Hall–Kier alpha value is -1.18. The summed E-state index contributed by atoms with van der Waals surface area (Å²) < 4.78 is 5.72. The minimum atomic E-state index is 0.431. The summed E-state index contributed by atoms with van der Waals surface area (Å²) in [6.07, 6.45) is 2.27. The molecule has 0 heterocycles. The number of hydrogen-bond donors (Lipinski definition) is 1. The molecule has 0 saturated carbocycles.